The smallest absolute Gasteiger partial charge is 0.222 e. The molecule has 0 spiro atoms. The molecule has 0 radical (unpaired) electrons. The fourth-order valence-electron chi connectivity index (χ4n) is 1.15. The van der Waals surface area contributed by atoms with Gasteiger partial charge >= 0.3 is 36.0 Å². The van der Waals surface area contributed by atoms with Gasteiger partial charge in [0, 0.05) is 0 Å². The number of hydrogen-bond acceptors (Lipinski definition) is 4. The minimum atomic E-state index is -6.31. The van der Waals surface area contributed by atoms with E-state index in [1.165, 1.54) is 0 Å². The highest BCUT2D eigenvalue weighted by molar-refractivity contribution is 7.94. The normalized spacial score (nSPS) is 14.6. The lowest BCUT2D eigenvalue weighted by Crippen LogP contribution is -2.42. The molecule has 0 aliphatic carbocycles. The van der Waals surface area contributed by atoms with Crippen LogP contribution >= 0.6 is 0 Å². The average molecular weight is 347 g/mol. The van der Waals surface area contributed by atoms with Crippen molar-refractivity contribution in [3.05, 3.63) is 12.4 Å². The molecule has 1 heterocycles. The molecule has 0 atom stereocenters. The number of halogens is 6. The van der Waals surface area contributed by atoms with Crippen molar-refractivity contribution in [2.45, 2.75) is 16.2 Å². The van der Waals surface area contributed by atoms with Gasteiger partial charge in [0.2, 0.25) is 0 Å². The van der Waals surface area contributed by atoms with Crippen molar-refractivity contribution < 1.29 is 47.7 Å². The van der Waals surface area contributed by atoms with E-state index in [0.717, 1.165) is 0 Å². The Kier molecular flexibility index (Phi) is 3.63. The van der Waals surface area contributed by atoms with Gasteiger partial charge in [-0.3, -0.25) is 0 Å². The molecule has 1 aromatic heterocycles. The molecule has 0 saturated heterocycles. The maximum Gasteiger partial charge on any atom is 0.537 e. The summed E-state index contributed by atoms with van der Waals surface area (Å²) in [5, 5.41) is -2.07. The van der Waals surface area contributed by atoms with Crippen molar-refractivity contribution in [3.8, 4) is 0 Å². The second-order valence-corrected chi connectivity index (χ2v) is 7.03. The molecule has 1 aromatic rings. The molecule has 0 amide bonds. The molecule has 0 fully saturated rings. The van der Waals surface area contributed by atoms with Gasteiger partial charge in [-0.2, -0.15) is 34.8 Å². The van der Waals surface area contributed by atoms with Crippen molar-refractivity contribution >= 4 is 19.9 Å². The molecule has 0 aliphatic rings. The molecule has 0 aromatic carbocycles. The van der Waals surface area contributed by atoms with E-state index in [-0.39, 0.29) is 10.8 Å². The van der Waals surface area contributed by atoms with Crippen LogP contribution in [0.3, 0.4) is 0 Å². The number of rotatable bonds is 2. The van der Waals surface area contributed by atoms with Crippen molar-refractivity contribution in [2.75, 3.05) is 0 Å². The summed E-state index contributed by atoms with van der Waals surface area (Å²) in [5.74, 6) is 0. The lowest BCUT2D eigenvalue weighted by Gasteiger charge is -2.08. The lowest BCUT2D eigenvalue weighted by atomic mass is 10.9. The van der Waals surface area contributed by atoms with Crippen LogP contribution < -0.4 is 4.57 Å². The molecule has 1 rings (SSSR count). The van der Waals surface area contributed by atoms with Gasteiger partial charge in [-0.1, -0.05) is 0 Å². The van der Waals surface area contributed by atoms with E-state index in [0.29, 0.717) is 13.2 Å². The van der Waals surface area contributed by atoms with Gasteiger partial charge in [0.25, 0.3) is 0 Å². The van der Waals surface area contributed by atoms with Gasteiger partial charge in [-0.25, -0.2) is 13.0 Å². The Balaban J connectivity index is 3.77. The van der Waals surface area contributed by atoms with E-state index >= 15 is 0 Å². The summed E-state index contributed by atoms with van der Waals surface area (Å²) in [5.41, 5.74) is -11.9. The Morgan fingerprint density at radius 3 is 1.80 bits per heavy atom. The van der Waals surface area contributed by atoms with Crippen LogP contribution in [0.5, 0.6) is 0 Å². The largest absolute Gasteiger partial charge is 0.537 e. The van der Waals surface area contributed by atoms with Gasteiger partial charge in [-0.15, -0.1) is 3.97 Å². The van der Waals surface area contributed by atoms with Crippen LogP contribution in [0.2, 0.25) is 0 Å². The first kappa shape index (κ1) is 16.7. The second kappa shape index (κ2) is 4.34. The third-order valence-corrected chi connectivity index (χ3v) is 5.10. The molecule has 0 bridgehead atoms. The van der Waals surface area contributed by atoms with E-state index in [4.69, 9.17) is 0 Å². The zero-order chi connectivity index (χ0) is 16.1. The third-order valence-electron chi connectivity index (χ3n) is 2.01. The van der Waals surface area contributed by atoms with Crippen LogP contribution in [0.1, 0.15) is 0 Å². The molecule has 0 N–H and O–H groups in total. The van der Waals surface area contributed by atoms with E-state index in [9.17, 15) is 43.2 Å². The maximum atomic E-state index is 12.4. The average Bonchev–Trinajstić information content (AvgIpc) is 2.57. The fourth-order valence-corrected chi connectivity index (χ4v) is 3.46. The van der Waals surface area contributed by atoms with Crippen molar-refractivity contribution in [3.63, 3.8) is 0 Å². The highest BCUT2D eigenvalue weighted by Crippen LogP contribution is 2.32. The Morgan fingerprint density at radius 1 is 1.00 bits per heavy atom. The standard InChI is InChI=1S/C6H5F6N2O4S2/c1-13-2-3-14(20(17,18)6(10,11)12)4(13)19(15,16)5(7,8)9/h2-3H,1H3/q+1. The first-order valence-electron chi connectivity index (χ1n) is 4.34. The molecule has 116 valence electrons. The SMILES string of the molecule is C[n+]1ccn(S(=O)(=O)C(F)(F)F)c1S(=O)(=O)C(F)(F)F. The van der Waals surface area contributed by atoms with Crippen molar-refractivity contribution in [2.24, 2.45) is 7.05 Å². The summed E-state index contributed by atoms with van der Waals surface area (Å²) in [6.45, 7) is 0. The monoisotopic (exact) mass is 347 g/mol. The van der Waals surface area contributed by atoms with Crippen molar-refractivity contribution in [1.82, 2.24) is 3.97 Å². The first-order chi connectivity index (χ1) is 8.64. The third kappa shape index (κ3) is 2.36. The highest BCUT2D eigenvalue weighted by atomic mass is 32.2. The summed E-state index contributed by atoms with van der Waals surface area (Å²) < 4.78 is 117. The number of imidazole rings is 1. The van der Waals surface area contributed by atoms with Crippen LogP contribution in [-0.4, -0.2) is 31.8 Å². The Hall–Kier alpha value is -1.31. The Morgan fingerprint density at radius 2 is 1.45 bits per heavy atom. The molecule has 14 heteroatoms. The predicted octanol–water partition coefficient (Wildman–Crippen LogP) is 0.304. The summed E-state index contributed by atoms with van der Waals surface area (Å²) in [6, 6.07) is 0. The van der Waals surface area contributed by atoms with Gasteiger partial charge in [-0.05, 0) is 0 Å². The zero-order valence-corrected chi connectivity index (χ0v) is 10.9. The molecular formula is C6H5F6N2O4S2+. The number of nitrogens with zero attached hydrogens (tertiary/aromatic N) is 2. The van der Waals surface area contributed by atoms with Crippen LogP contribution in [-0.2, 0) is 26.9 Å². The van der Waals surface area contributed by atoms with E-state index in [1.807, 2.05) is 0 Å². The van der Waals surface area contributed by atoms with Crippen LogP contribution in [0.4, 0.5) is 26.3 Å². The summed E-state index contributed by atoms with van der Waals surface area (Å²) in [4.78, 5) is 0. The Bertz CT molecular complexity index is 726. The number of aromatic nitrogens is 2. The number of alkyl halides is 6. The predicted molar refractivity (Wildman–Crippen MR) is 49.2 cm³/mol. The van der Waals surface area contributed by atoms with E-state index in [2.05, 4.69) is 0 Å². The minimum Gasteiger partial charge on any atom is -0.222 e. The number of hydrogen-bond donors (Lipinski definition) is 0. The topological polar surface area (TPSA) is 77.1 Å². The fraction of sp³-hybridized carbons (Fsp3) is 0.500. The van der Waals surface area contributed by atoms with Crippen LogP contribution in [0, 0.1) is 0 Å². The first-order valence-corrected chi connectivity index (χ1v) is 7.26. The van der Waals surface area contributed by atoms with E-state index in [1.54, 1.807) is 0 Å². The lowest BCUT2D eigenvalue weighted by molar-refractivity contribution is -0.709. The van der Waals surface area contributed by atoms with Crippen LogP contribution in [0.25, 0.3) is 0 Å². The number of sulfone groups is 1. The van der Waals surface area contributed by atoms with Gasteiger partial charge < -0.3 is 0 Å². The molecule has 0 unspecified atom stereocenters. The van der Waals surface area contributed by atoms with Gasteiger partial charge in [0.1, 0.15) is 12.4 Å². The van der Waals surface area contributed by atoms with Gasteiger partial charge in [0.05, 0.1) is 7.05 Å². The molecule has 0 saturated carbocycles. The summed E-state index contributed by atoms with van der Waals surface area (Å²) >= 11 is 0. The van der Waals surface area contributed by atoms with Crippen LogP contribution in [0.15, 0.2) is 17.6 Å². The highest BCUT2D eigenvalue weighted by Gasteiger charge is 2.59. The molecule has 20 heavy (non-hydrogen) atoms. The van der Waals surface area contributed by atoms with Crippen molar-refractivity contribution in [1.29, 1.82) is 0 Å². The second-order valence-electron chi connectivity index (χ2n) is 3.39. The maximum absolute atomic E-state index is 12.4. The Labute approximate surface area is 108 Å². The summed E-state index contributed by atoms with van der Waals surface area (Å²) in [7, 11) is -12.0. The summed E-state index contributed by atoms with van der Waals surface area (Å²) in [6.07, 6.45) is 0.489. The van der Waals surface area contributed by atoms with E-state index < -0.39 is 40.0 Å². The molecular weight excluding hydrogens is 342 g/mol. The molecule has 6 nitrogen and oxygen atoms in total. The zero-order valence-electron chi connectivity index (χ0n) is 9.27. The minimum absolute atomic E-state index is 0.0570. The number of aryl methyl sites for hydroxylation is 1. The van der Waals surface area contributed by atoms with Gasteiger partial charge in [0.15, 0.2) is 0 Å². The molecule has 0 aliphatic heterocycles. The quantitative estimate of drug-likeness (QED) is 0.570.